The van der Waals surface area contributed by atoms with Gasteiger partial charge in [0.2, 0.25) is 10.0 Å². The molecule has 0 unspecified atom stereocenters. The average molecular weight is 404 g/mol. The molecule has 0 saturated carbocycles. The van der Waals surface area contributed by atoms with Crippen molar-refractivity contribution in [2.75, 3.05) is 33.9 Å². The van der Waals surface area contributed by atoms with Crippen LogP contribution < -0.4 is 9.46 Å². The van der Waals surface area contributed by atoms with Crippen molar-refractivity contribution in [3.05, 3.63) is 59.2 Å². The summed E-state index contributed by atoms with van der Waals surface area (Å²) in [5, 5.41) is 0. The highest BCUT2D eigenvalue weighted by Crippen LogP contribution is 2.27. The first-order chi connectivity index (χ1) is 13.5. The first-order valence-electron chi connectivity index (χ1n) is 8.99. The first-order valence-corrected chi connectivity index (χ1v) is 10.5. The number of benzene rings is 2. The number of hydrogen-bond donors (Lipinski definition) is 1. The zero-order valence-corrected chi connectivity index (χ0v) is 16.8. The maximum absolute atomic E-state index is 13.0. The van der Waals surface area contributed by atoms with E-state index in [2.05, 4.69) is 10.8 Å². The number of hydrogen-bond acceptors (Lipinski definition) is 5. The van der Waals surface area contributed by atoms with Gasteiger partial charge in [0.15, 0.2) is 0 Å². The molecule has 0 fully saturated rings. The van der Waals surface area contributed by atoms with Crippen LogP contribution in [-0.2, 0) is 27.7 Å². The van der Waals surface area contributed by atoms with Crippen molar-refractivity contribution in [1.82, 2.24) is 9.62 Å². The van der Waals surface area contributed by atoms with Crippen molar-refractivity contribution >= 4 is 15.9 Å². The maximum atomic E-state index is 13.0. The average Bonchev–Trinajstić information content (AvgIpc) is 2.72. The molecule has 0 spiro atoms. The number of amides is 1. The van der Waals surface area contributed by atoms with Crippen LogP contribution in [0.5, 0.6) is 5.75 Å². The smallest absolute Gasteiger partial charge is 0.254 e. The molecule has 1 amide bonds. The molecule has 2 aromatic rings. The standard InChI is InChI=1S/C20H24N2O5S/c1-26-12-10-21-28(24,25)19-13-16(7-8-18(19)27-2)20(23)22-11-9-15-5-3-4-6-17(15)14-22/h3-8,13,21H,9-12,14H2,1-2H3. The fourth-order valence-corrected chi connectivity index (χ4v) is 4.43. The molecule has 1 N–H and O–H groups in total. The molecule has 2 aromatic carbocycles. The Hall–Kier alpha value is -2.42. The van der Waals surface area contributed by atoms with E-state index in [4.69, 9.17) is 9.47 Å². The largest absolute Gasteiger partial charge is 0.495 e. The molecule has 7 nitrogen and oxygen atoms in total. The summed E-state index contributed by atoms with van der Waals surface area (Å²) >= 11 is 0. The number of nitrogens with zero attached hydrogens (tertiary/aromatic N) is 1. The molecule has 150 valence electrons. The van der Waals surface area contributed by atoms with E-state index in [1.54, 1.807) is 11.0 Å². The van der Waals surface area contributed by atoms with Gasteiger partial charge in [-0.3, -0.25) is 4.79 Å². The first kappa shape index (κ1) is 20.3. The van der Waals surface area contributed by atoms with E-state index in [0.717, 1.165) is 12.0 Å². The predicted molar refractivity (Wildman–Crippen MR) is 105 cm³/mol. The van der Waals surface area contributed by atoms with E-state index in [0.29, 0.717) is 18.7 Å². The highest BCUT2D eigenvalue weighted by molar-refractivity contribution is 7.89. The summed E-state index contributed by atoms with van der Waals surface area (Å²) in [6, 6.07) is 12.5. The lowest BCUT2D eigenvalue weighted by molar-refractivity contribution is 0.0734. The highest BCUT2D eigenvalue weighted by atomic mass is 32.2. The lowest BCUT2D eigenvalue weighted by atomic mass is 9.99. The molecule has 0 radical (unpaired) electrons. The predicted octanol–water partition coefficient (Wildman–Crippen LogP) is 1.82. The molecule has 3 rings (SSSR count). The van der Waals surface area contributed by atoms with Gasteiger partial charge in [-0.25, -0.2) is 13.1 Å². The number of rotatable bonds is 7. The molecule has 0 aromatic heterocycles. The Kier molecular flexibility index (Phi) is 6.33. The highest BCUT2D eigenvalue weighted by Gasteiger charge is 2.25. The molecule has 8 heteroatoms. The van der Waals surface area contributed by atoms with Gasteiger partial charge in [0.25, 0.3) is 5.91 Å². The van der Waals surface area contributed by atoms with Crippen LogP contribution in [0.2, 0.25) is 0 Å². The number of fused-ring (bicyclic) bond motifs is 1. The van der Waals surface area contributed by atoms with Crippen LogP contribution in [0.1, 0.15) is 21.5 Å². The zero-order chi connectivity index (χ0) is 20.1. The number of ether oxygens (including phenoxy) is 2. The summed E-state index contributed by atoms with van der Waals surface area (Å²) < 4.78 is 37.8. The van der Waals surface area contributed by atoms with Crippen LogP contribution in [0, 0.1) is 0 Å². The van der Waals surface area contributed by atoms with Crippen LogP contribution in [0.15, 0.2) is 47.4 Å². The van der Waals surface area contributed by atoms with Gasteiger partial charge in [-0.05, 0) is 35.7 Å². The quantitative estimate of drug-likeness (QED) is 0.712. The van der Waals surface area contributed by atoms with Crippen molar-refractivity contribution < 1.29 is 22.7 Å². The molecular formula is C20H24N2O5S. The fraction of sp³-hybridized carbons (Fsp3) is 0.350. The monoisotopic (exact) mass is 404 g/mol. The number of carbonyl (C=O) groups excluding carboxylic acids is 1. The third-order valence-electron chi connectivity index (χ3n) is 4.72. The van der Waals surface area contributed by atoms with Gasteiger partial charge < -0.3 is 14.4 Å². The zero-order valence-electron chi connectivity index (χ0n) is 16.0. The van der Waals surface area contributed by atoms with Crippen LogP contribution in [0.25, 0.3) is 0 Å². The summed E-state index contributed by atoms with van der Waals surface area (Å²) in [4.78, 5) is 14.7. The van der Waals surface area contributed by atoms with Crippen LogP contribution in [0.4, 0.5) is 0 Å². The third-order valence-corrected chi connectivity index (χ3v) is 6.20. The van der Waals surface area contributed by atoms with E-state index >= 15 is 0 Å². The molecule has 1 aliphatic heterocycles. The van der Waals surface area contributed by atoms with E-state index in [-0.39, 0.29) is 29.7 Å². The van der Waals surface area contributed by atoms with Gasteiger partial charge in [-0.1, -0.05) is 24.3 Å². The van der Waals surface area contributed by atoms with E-state index in [1.165, 1.54) is 31.9 Å². The minimum absolute atomic E-state index is 0.0608. The van der Waals surface area contributed by atoms with E-state index < -0.39 is 10.0 Å². The third kappa shape index (κ3) is 4.35. The summed E-state index contributed by atoms with van der Waals surface area (Å²) in [6.07, 6.45) is 0.780. The van der Waals surface area contributed by atoms with E-state index in [1.807, 2.05) is 18.2 Å². The maximum Gasteiger partial charge on any atom is 0.254 e. The van der Waals surface area contributed by atoms with Crippen LogP contribution >= 0.6 is 0 Å². The number of methoxy groups -OCH3 is 2. The second-order valence-electron chi connectivity index (χ2n) is 6.50. The van der Waals surface area contributed by atoms with Gasteiger partial charge in [0.05, 0.1) is 13.7 Å². The Labute approximate surface area is 165 Å². The molecule has 0 atom stereocenters. The molecular weight excluding hydrogens is 380 g/mol. The van der Waals surface area contributed by atoms with Gasteiger partial charge in [-0.15, -0.1) is 0 Å². The number of carbonyl (C=O) groups is 1. The summed E-state index contributed by atoms with van der Waals surface area (Å²) in [7, 11) is -0.950. The van der Waals surface area contributed by atoms with Crippen molar-refractivity contribution in [2.24, 2.45) is 0 Å². The Morgan fingerprint density at radius 2 is 1.89 bits per heavy atom. The van der Waals surface area contributed by atoms with Crippen LogP contribution in [0.3, 0.4) is 0 Å². The Morgan fingerprint density at radius 1 is 1.14 bits per heavy atom. The number of nitrogens with one attached hydrogen (secondary N) is 1. The molecule has 28 heavy (non-hydrogen) atoms. The Balaban J connectivity index is 1.86. The minimum Gasteiger partial charge on any atom is -0.495 e. The Bertz CT molecular complexity index is 959. The van der Waals surface area contributed by atoms with Crippen molar-refractivity contribution in [2.45, 2.75) is 17.9 Å². The summed E-state index contributed by atoms with van der Waals surface area (Å²) in [5.74, 6) is -0.0176. The van der Waals surface area contributed by atoms with Crippen molar-refractivity contribution in [1.29, 1.82) is 0 Å². The second kappa shape index (κ2) is 8.72. The van der Waals surface area contributed by atoms with Gasteiger partial charge in [0.1, 0.15) is 10.6 Å². The normalized spacial score (nSPS) is 13.9. The van der Waals surface area contributed by atoms with Crippen LogP contribution in [-0.4, -0.2) is 53.1 Å². The molecule has 1 aliphatic rings. The number of sulfonamides is 1. The topological polar surface area (TPSA) is 84.9 Å². The van der Waals surface area contributed by atoms with Crippen molar-refractivity contribution in [3.63, 3.8) is 0 Å². The van der Waals surface area contributed by atoms with Crippen molar-refractivity contribution in [3.8, 4) is 5.75 Å². The van der Waals surface area contributed by atoms with Gasteiger partial charge >= 0.3 is 0 Å². The minimum atomic E-state index is -3.84. The SMILES string of the molecule is COCCNS(=O)(=O)c1cc(C(=O)N2CCc3ccccc3C2)ccc1OC. The second-order valence-corrected chi connectivity index (χ2v) is 8.24. The van der Waals surface area contributed by atoms with E-state index in [9.17, 15) is 13.2 Å². The fourth-order valence-electron chi connectivity index (χ4n) is 3.23. The Morgan fingerprint density at radius 3 is 2.61 bits per heavy atom. The summed E-state index contributed by atoms with van der Waals surface area (Å²) in [6.45, 7) is 1.47. The molecule has 0 aliphatic carbocycles. The lowest BCUT2D eigenvalue weighted by Gasteiger charge is -2.29. The summed E-state index contributed by atoms with van der Waals surface area (Å²) in [5.41, 5.74) is 2.67. The van der Waals surface area contributed by atoms with Gasteiger partial charge in [0, 0.05) is 32.3 Å². The molecule has 1 heterocycles. The molecule has 0 bridgehead atoms. The van der Waals surface area contributed by atoms with Gasteiger partial charge in [-0.2, -0.15) is 0 Å². The molecule has 0 saturated heterocycles. The lowest BCUT2D eigenvalue weighted by Crippen LogP contribution is -2.36.